The van der Waals surface area contributed by atoms with E-state index in [1.165, 1.54) is 17.2 Å². The Kier molecular flexibility index (Phi) is 7.26. The molecule has 1 fully saturated rings. The van der Waals surface area contributed by atoms with E-state index in [4.69, 9.17) is 31.0 Å². The van der Waals surface area contributed by atoms with Gasteiger partial charge in [-0.2, -0.15) is 0 Å². The number of carbonyl (C=O) groups is 1. The number of fused-ring (bicyclic) bond motifs is 1. The molecular weight excluding hydrogens is 532 g/mol. The second-order valence-electron chi connectivity index (χ2n) is 8.85. The Hall–Kier alpha value is -4.36. The molecule has 1 aromatic carbocycles. The Morgan fingerprint density at radius 1 is 1.28 bits per heavy atom. The summed E-state index contributed by atoms with van der Waals surface area (Å²) in [6, 6.07) is 5.89. The van der Waals surface area contributed by atoms with E-state index in [-0.39, 0.29) is 12.2 Å². The van der Waals surface area contributed by atoms with Gasteiger partial charge in [-0.1, -0.05) is 16.7 Å². The van der Waals surface area contributed by atoms with Crippen LogP contribution in [0.1, 0.15) is 28.9 Å². The molecule has 0 aliphatic carbocycles. The Morgan fingerprint density at radius 3 is 2.82 bits per heavy atom. The standard InChI is InChI=1S/C24H23ClN8O6/c1-11-5-14(12(2)38-11)8-37-16-4-3-15(25)6-13(16)7-27-21-18-22(29-9-28-21)33(10-30-18)23-19(34)17(31-32-26)20(39-23)24(35)36/h3-6,9-10,17,19-20,23,34H,7-8H2,1-2H3,(H,35,36)(H,27,28,29)/t17-,19+,20-,23+/m0/s1. The molecule has 39 heavy (non-hydrogen) atoms. The third-order valence-corrected chi connectivity index (χ3v) is 6.53. The number of aromatic nitrogens is 4. The molecule has 202 valence electrons. The number of furan rings is 1. The molecule has 0 radical (unpaired) electrons. The zero-order valence-electron chi connectivity index (χ0n) is 20.7. The van der Waals surface area contributed by atoms with E-state index in [1.54, 1.807) is 18.2 Å². The lowest BCUT2D eigenvalue weighted by atomic mass is 10.1. The van der Waals surface area contributed by atoms with Gasteiger partial charge in [0.15, 0.2) is 29.3 Å². The number of hydrogen-bond donors (Lipinski definition) is 3. The number of halogens is 1. The Morgan fingerprint density at radius 2 is 2.10 bits per heavy atom. The number of aliphatic carboxylic acids is 1. The van der Waals surface area contributed by atoms with Gasteiger partial charge in [-0.15, -0.1) is 0 Å². The summed E-state index contributed by atoms with van der Waals surface area (Å²) in [5.41, 5.74) is 11.1. The van der Waals surface area contributed by atoms with Gasteiger partial charge in [0, 0.05) is 27.6 Å². The number of aliphatic hydroxyl groups is 1. The monoisotopic (exact) mass is 554 g/mol. The van der Waals surface area contributed by atoms with Gasteiger partial charge in [0.1, 0.15) is 42.4 Å². The van der Waals surface area contributed by atoms with Crippen LogP contribution in [-0.2, 0) is 22.7 Å². The van der Waals surface area contributed by atoms with Crippen LogP contribution in [0.2, 0.25) is 5.02 Å². The topological polar surface area (TPSA) is 194 Å². The number of aryl methyl sites for hydroxylation is 2. The summed E-state index contributed by atoms with van der Waals surface area (Å²) in [6.45, 7) is 4.35. The van der Waals surface area contributed by atoms with Crippen molar-refractivity contribution in [3.05, 3.63) is 75.0 Å². The quantitative estimate of drug-likeness (QED) is 0.155. The van der Waals surface area contributed by atoms with Gasteiger partial charge >= 0.3 is 5.97 Å². The van der Waals surface area contributed by atoms with Crippen LogP contribution in [0.15, 0.2) is 46.5 Å². The molecule has 4 aromatic rings. The first-order valence-electron chi connectivity index (χ1n) is 11.8. The molecule has 15 heteroatoms. The maximum atomic E-state index is 11.6. The number of benzene rings is 1. The highest BCUT2D eigenvalue weighted by Crippen LogP contribution is 2.34. The normalized spacial score (nSPS) is 20.6. The Labute approximate surface area is 225 Å². The lowest BCUT2D eigenvalue weighted by Crippen LogP contribution is -2.34. The smallest absolute Gasteiger partial charge is 0.333 e. The van der Waals surface area contributed by atoms with Gasteiger partial charge in [0.05, 0.1) is 6.33 Å². The van der Waals surface area contributed by atoms with Gasteiger partial charge < -0.3 is 29.4 Å². The van der Waals surface area contributed by atoms with Gasteiger partial charge in [-0.3, -0.25) is 4.57 Å². The summed E-state index contributed by atoms with van der Waals surface area (Å²) >= 11 is 6.25. The van der Waals surface area contributed by atoms with Crippen LogP contribution in [0.3, 0.4) is 0 Å². The maximum absolute atomic E-state index is 11.6. The van der Waals surface area contributed by atoms with Crippen molar-refractivity contribution in [2.45, 2.75) is 51.5 Å². The van der Waals surface area contributed by atoms with E-state index >= 15 is 0 Å². The maximum Gasteiger partial charge on any atom is 0.333 e. The molecule has 0 spiro atoms. The molecule has 3 aromatic heterocycles. The van der Waals surface area contributed by atoms with Crippen LogP contribution in [0.25, 0.3) is 21.6 Å². The molecule has 1 saturated heterocycles. The summed E-state index contributed by atoms with van der Waals surface area (Å²) in [7, 11) is 0. The van der Waals surface area contributed by atoms with E-state index < -0.39 is 30.4 Å². The summed E-state index contributed by atoms with van der Waals surface area (Å²) < 4.78 is 18.5. The Bertz CT molecular complexity index is 1580. The molecule has 0 saturated carbocycles. The van der Waals surface area contributed by atoms with Gasteiger partial charge in [-0.05, 0) is 43.6 Å². The number of hydrogen-bond acceptors (Lipinski definition) is 10. The number of nitrogens with zero attached hydrogens (tertiary/aromatic N) is 7. The summed E-state index contributed by atoms with van der Waals surface area (Å²) in [5, 5.41) is 27.2. The number of imidazole rings is 1. The number of carboxylic acid groups (broad SMARTS) is 1. The summed E-state index contributed by atoms with van der Waals surface area (Å²) in [6.07, 6.45) is -1.53. The van der Waals surface area contributed by atoms with Crippen molar-refractivity contribution >= 4 is 34.6 Å². The number of nitrogens with one attached hydrogen (secondary N) is 1. The molecule has 0 unspecified atom stereocenters. The van der Waals surface area contributed by atoms with Gasteiger partial charge in [-0.25, -0.2) is 19.7 Å². The van der Waals surface area contributed by atoms with E-state index in [0.29, 0.717) is 28.7 Å². The third kappa shape index (κ3) is 5.18. The van der Waals surface area contributed by atoms with Crippen molar-refractivity contribution in [3.63, 3.8) is 0 Å². The minimum atomic E-state index is -1.53. The first kappa shape index (κ1) is 26.3. The zero-order valence-corrected chi connectivity index (χ0v) is 21.5. The van der Waals surface area contributed by atoms with E-state index in [2.05, 4.69) is 30.3 Å². The fourth-order valence-corrected chi connectivity index (χ4v) is 4.63. The van der Waals surface area contributed by atoms with Crippen molar-refractivity contribution in [2.75, 3.05) is 5.32 Å². The molecule has 1 aliphatic heterocycles. The van der Waals surface area contributed by atoms with E-state index in [1.807, 2.05) is 19.9 Å². The van der Waals surface area contributed by atoms with Crippen LogP contribution < -0.4 is 10.1 Å². The number of azide groups is 1. The Balaban J connectivity index is 1.37. The SMILES string of the molecule is Cc1cc(COc2ccc(Cl)cc2CNc2ncnc3c2ncn3[C@@H]2O[C@H](C(=O)O)[C@@H](N=[N+]=[N-])[C@H]2O)c(C)o1. The first-order valence-corrected chi connectivity index (χ1v) is 12.1. The lowest BCUT2D eigenvalue weighted by Gasteiger charge is -2.17. The number of rotatable bonds is 9. The third-order valence-electron chi connectivity index (χ3n) is 6.30. The average molecular weight is 555 g/mol. The molecule has 1 aliphatic rings. The van der Waals surface area contributed by atoms with Crippen LogP contribution in [0, 0.1) is 13.8 Å². The molecule has 14 nitrogen and oxygen atoms in total. The highest BCUT2D eigenvalue weighted by Gasteiger charge is 2.48. The number of anilines is 1. The van der Waals surface area contributed by atoms with Gasteiger partial charge in [0.2, 0.25) is 0 Å². The molecular formula is C24H23ClN8O6. The second kappa shape index (κ2) is 10.8. The predicted octanol–water partition coefficient (Wildman–Crippen LogP) is 3.90. The lowest BCUT2D eigenvalue weighted by molar-refractivity contribution is -0.152. The number of aliphatic hydroxyl groups excluding tert-OH is 1. The summed E-state index contributed by atoms with van der Waals surface area (Å²) in [4.78, 5) is 27.1. The minimum Gasteiger partial charge on any atom is -0.488 e. The predicted molar refractivity (Wildman–Crippen MR) is 137 cm³/mol. The zero-order chi connectivity index (χ0) is 27.7. The fourth-order valence-electron chi connectivity index (χ4n) is 4.44. The summed E-state index contributed by atoms with van der Waals surface area (Å²) in [5.74, 6) is 1.22. The van der Waals surface area contributed by atoms with Crippen LogP contribution in [-0.4, -0.2) is 54.0 Å². The molecule has 4 heterocycles. The molecule has 5 rings (SSSR count). The minimum absolute atomic E-state index is 0.274. The molecule has 3 N–H and O–H groups in total. The van der Waals surface area contributed by atoms with Crippen molar-refractivity contribution in [1.29, 1.82) is 0 Å². The molecule has 4 atom stereocenters. The van der Waals surface area contributed by atoms with Crippen molar-refractivity contribution < 1.29 is 28.9 Å². The molecule has 0 bridgehead atoms. The van der Waals surface area contributed by atoms with E-state index in [0.717, 1.165) is 22.6 Å². The van der Waals surface area contributed by atoms with Crippen LogP contribution in [0.5, 0.6) is 5.75 Å². The fraction of sp³-hybridized carbons (Fsp3) is 0.333. The number of ether oxygens (including phenoxy) is 2. The highest BCUT2D eigenvalue weighted by molar-refractivity contribution is 6.30. The largest absolute Gasteiger partial charge is 0.488 e. The first-order chi connectivity index (χ1) is 18.8. The van der Waals surface area contributed by atoms with E-state index in [9.17, 15) is 15.0 Å². The molecule has 0 amide bonds. The van der Waals surface area contributed by atoms with Crippen LogP contribution in [0.4, 0.5) is 5.82 Å². The van der Waals surface area contributed by atoms with Crippen LogP contribution >= 0.6 is 11.6 Å². The van der Waals surface area contributed by atoms with Crippen molar-refractivity contribution in [2.24, 2.45) is 5.11 Å². The number of carboxylic acids is 1. The van der Waals surface area contributed by atoms with Crippen molar-refractivity contribution in [1.82, 2.24) is 19.5 Å². The van der Waals surface area contributed by atoms with Crippen molar-refractivity contribution in [3.8, 4) is 5.75 Å². The average Bonchev–Trinajstić information content (AvgIpc) is 3.57. The highest BCUT2D eigenvalue weighted by atomic mass is 35.5. The van der Waals surface area contributed by atoms with Gasteiger partial charge in [0.25, 0.3) is 0 Å². The second-order valence-corrected chi connectivity index (χ2v) is 9.29.